The van der Waals surface area contributed by atoms with Crippen LogP contribution in [0.3, 0.4) is 0 Å². The van der Waals surface area contributed by atoms with E-state index in [-0.39, 0.29) is 17.2 Å². The van der Waals surface area contributed by atoms with Gasteiger partial charge in [0, 0.05) is 23.7 Å². The van der Waals surface area contributed by atoms with Crippen LogP contribution in [0.1, 0.15) is 48.5 Å². The highest BCUT2D eigenvalue weighted by Crippen LogP contribution is 2.37. The Kier molecular flexibility index (Phi) is 3.02. The Balaban J connectivity index is 2.02. The SMILES string of the molecule is O=C(Cl)CCc1cc2c(n(C3CC3)c1=O)CCC2. The van der Waals surface area contributed by atoms with E-state index in [4.69, 9.17) is 11.6 Å². The van der Waals surface area contributed by atoms with Crippen molar-refractivity contribution >= 4 is 16.8 Å². The molecule has 2 aliphatic carbocycles. The molecule has 3 nitrogen and oxygen atoms in total. The molecule has 0 aliphatic heterocycles. The molecule has 0 saturated heterocycles. The van der Waals surface area contributed by atoms with Gasteiger partial charge in [0.2, 0.25) is 5.24 Å². The van der Waals surface area contributed by atoms with Gasteiger partial charge >= 0.3 is 0 Å². The monoisotopic (exact) mass is 265 g/mol. The number of hydrogen-bond acceptors (Lipinski definition) is 2. The highest BCUT2D eigenvalue weighted by atomic mass is 35.5. The van der Waals surface area contributed by atoms with Crippen LogP contribution in [0.4, 0.5) is 0 Å². The van der Waals surface area contributed by atoms with Crippen LogP contribution in [0.15, 0.2) is 10.9 Å². The van der Waals surface area contributed by atoms with Crippen molar-refractivity contribution in [3.63, 3.8) is 0 Å². The third kappa shape index (κ3) is 2.12. The molecule has 1 aromatic heterocycles. The molecule has 4 heteroatoms. The molecule has 0 aromatic carbocycles. The second-order valence-corrected chi connectivity index (χ2v) is 5.68. The molecule has 0 radical (unpaired) electrons. The van der Waals surface area contributed by atoms with Gasteiger partial charge in [-0.2, -0.15) is 0 Å². The average Bonchev–Trinajstić information content (AvgIpc) is 3.04. The van der Waals surface area contributed by atoms with Crippen molar-refractivity contribution in [1.29, 1.82) is 0 Å². The van der Waals surface area contributed by atoms with E-state index in [2.05, 4.69) is 0 Å². The van der Waals surface area contributed by atoms with Crippen molar-refractivity contribution in [1.82, 2.24) is 4.57 Å². The first-order valence-corrected chi connectivity index (χ1v) is 6.99. The molecule has 1 saturated carbocycles. The summed E-state index contributed by atoms with van der Waals surface area (Å²) in [6.07, 6.45) is 6.18. The van der Waals surface area contributed by atoms with E-state index in [0.717, 1.165) is 37.7 Å². The molecule has 0 unspecified atom stereocenters. The van der Waals surface area contributed by atoms with Crippen molar-refractivity contribution in [2.75, 3.05) is 0 Å². The summed E-state index contributed by atoms with van der Waals surface area (Å²) in [7, 11) is 0. The molecule has 1 fully saturated rings. The van der Waals surface area contributed by atoms with E-state index in [1.165, 1.54) is 11.3 Å². The average molecular weight is 266 g/mol. The number of aromatic nitrogens is 1. The highest BCUT2D eigenvalue weighted by Gasteiger charge is 2.30. The normalized spacial score (nSPS) is 17.8. The van der Waals surface area contributed by atoms with E-state index in [1.54, 1.807) is 0 Å². The van der Waals surface area contributed by atoms with Gasteiger partial charge in [-0.05, 0) is 61.8 Å². The zero-order valence-corrected chi connectivity index (χ0v) is 11.0. The highest BCUT2D eigenvalue weighted by molar-refractivity contribution is 6.63. The summed E-state index contributed by atoms with van der Waals surface area (Å²) in [4.78, 5) is 23.3. The fourth-order valence-electron chi connectivity index (χ4n) is 2.86. The van der Waals surface area contributed by atoms with E-state index >= 15 is 0 Å². The number of halogens is 1. The quantitative estimate of drug-likeness (QED) is 0.784. The maximum atomic E-state index is 12.4. The zero-order valence-electron chi connectivity index (χ0n) is 10.2. The molecule has 1 aromatic rings. The molecule has 0 spiro atoms. The fraction of sp³-hybridized carbons (Fsp3) is 0.571. The Labute approximate surface area is 111 Å². The molecular formula is C14H16ClNO2. The summed E-state index contributed by atoms with van der Waals surface area (Å²) in [6.45, 7) is 0. The fourth-order valence-corrected chi connectivity index (χ4v) is 2.96. The number of rotatable bonds is 4. The van der Waals surface area contributed by atoms with Crippen LogP contribution in [0.2, 0.25) is 0 Å². The predicted molar refractivity (Wildman–Crippen MR) is 70.2 cm³/mol. The summed E-state index contributed by atoms with van der Waals surface area (Å²) < 4.78 is 2.00. The number of hydrogen-bond donors (Lipinski definition) is 0. The number of pyridine rings is 1. The molecule has 0 bridgehead atoms. The number of carbonyl (C=O) groups excluding carboxylic acids is 1. The van der Waals surface area contributed by atoms with Crippen LogP contribution >= 0.6 is 11.6 Å². The molecule has 0 amide bonds. The molecule has 2 aliphatic rings. The van der Waals surface area contributed by atoms with Gasteiger partial charge in [-0.15, -0.1) is 0 Å². The van der Waals surface area contributed by atoms with Crippen molar-refractivity contribution in [3.8, 4) is 0 Å². The van der Waals surface area contributed by atoms with Gasteiger partial charge in [0.15, 0.2) is 0 Å². The molecule has 0 N–H and O–H groups in total. The molecule has 1 heterocycles. The van der Waals surface area contributed by atoms with Crippen LogP contribution in [0, 0.1) is 0 Å². The summed E-state index contributed by atoms with van der Waals surface area (Å²) >= 11 is 5.36. The van der Waals surface area contributed by atoms with E-state index in [1.807, 2.05) is 10.6 Å². The summed E-state index contributed by atoms with van der Waals surface area (Å²) in [5, 5.41) is -0.368. The smallest absolute Gasteiger partial charge is 0.254 e. The lowest BCUT2D eigenvalue weighted by Gasteiger charge is -2.13. The second-order valence-electron chi connectivity index (χ2n) is 5.26. The summed E-state index contributed by atoms with van der Waals surface area (Å²) in [5.74, 6) is 0. The van der Waals surface area contributed by atoms with Gasteiger partial charge < -0.3 is 4.57 Å². The van der Waals surface area contributed by atoms with Crippen LogP contribution in [-0.2, 0) is 24.1 Å². The lowest BCUT2D eigenvalue weighted by molar-refractivity contribution is -0.111. The van der Waals surface area contributed by atoms with Gasteiger partial charge in [0.05, 0.1) is 0 Å². The first-order chi connectivity index (χ1) is 8.66. The third-order valence-corrected chi connectivity index (χ3v) is 4.06. The van der Waals surface area contributed by atoms with Crippen molar-refractivity contribution in [3.05, 3.63) is 33.2 Å². The third-order valence-electron chi connectivity index (χ3n) is 3.87. The lowest BCUT2D eigenvalue weighted by Crippen LogP contribution is -2.26. The maximum absolute atomic E-state index is 12.4. The molecule has 3 rings (SSSR count). The Morgan fingerprint density at radius 3 is 2.83 bits per heavy atom. The second kappa shape index (κ2) is 4.54. The number of fused-ring (bicyclic) bond motifs is 1. The number of aryl methyl sites for hydroxylation is 2. The minimum absolute atomic E-state index is 0.107. The van der Waals surface area contributed by atoms with Crippen LogP contribution < -0.4 is 5.56 Å². The number of carbonyl (C=O) groups is 1. The molecule has 0 atom stereocenters. The van der Waals surface area contributed by atoms with Crippen LogP contribution in [0.5, 0.6) is 0 Å². The van der Waals surface area contributed by atoms with E-state index in [0.29, 0.717) is 12.5 Å². The molecular weight excluding hydrogens is 250 g/mol. The Hall–Kier alpha value is -1.09. The Morgan fingerprint density at radius 2 is 2.17 bits per heavy atom. The topological polar surface area (TPSA) is 39.1 Å². The zero-order chi connectivity index (χ0) is 12.7. The van der Waals surface area contributed by atoms with Crippen molar-refractivity contribution in [2.24, 2.45) is 0 Å². The minimum Gasteiger partial charge on any atom is -0.309 e. The maximum Gasteiger partial charge on any atom is 0.254 e. The lowest BCUT2D eigenvalue weighted by atomic mass is 10.1. The summed E-state index contributed by atoms with van der Waals surface area (Å²) in [6, 6.07) is 2.42. The Morgan fingerprint density at radius 1 is 1.39 bits per heavy atom. The first-order valence-electron chi connectivity index (χ1n) is 6.61. The van der Waals surface area contributed by atoms with E-state index < -0.39 is 0 Å². The van der Waals surface area contributed by atoms with E-state index in [9.17, 15) is 9.59 Å². The van der Waals surface area contributed by atoms with Gasteiger partial charge in [-0.1, -0.05) is 0 Å². The predicted octanol–water partition coefficient (Wildman–Crippen LogP) is 2.37. The van der Waals surface area contributed by atoms with Gasteiger partial charge in [0.1, 0.15) is 0 Å². The van der Waals surface area contributed by atoms with Gasteiger partial charge in [-0.3, -0.25) is 9.59 Å². The van der Waals surface area contributed by atoms with Crippen LogP contribution in [0.25, 0.3) is 0 Å². The number of nitrogens with zero attached hydrogens (tertiary/aromatic N) is 1. The van der Waals surface area contributed by atoms with Crippen molar-refractivity contribution in [2.45, 2.75) is 51.0 Å². The minimum atomic E-state index is -0.368. The van der Waals surface area contributed by atoms with Gasteiger partial charge in [-0.25, -0.2) is 0 Å². The summed E-state index contributed by atoms with van der Waals surface area (Å²) in [5.41, 5.74) is 3.41. The molecule has 96 valence electrons. The Bertz CT molecular complexity index is 558. The van der Waals surface area contributed by atoms with Gasteiger partial charge in [0.25, 0.3) is 5.56 Å². The standard InChI is InChI=1S/C14H16ClNO2/c15-13(17)7-4-10-8-9-2-1-3-12(9)16(14(10)18)11-5-6-11/h8,11H,1-7H2. The first kappa shape index (κ1) is 12.0. The molecule has 18 heavy (non-hydrogen) atoms. The van der Waals surface area contributed by atoms with Crippen LogP contribution in [-0.4, -0.2) is 9.81 Å². The largest absolute Gasteiger partial charge is 0.309 e. The van der Waals surface area contributed by atoms with Crippen molar-refractivity contribution < 1.29 is 4.79 Å².